The number of hydrogen-bond acceptors (Lipinski definition) is 3. The van der Waals surface area contributed by atoms with Crippen molar-refractivity contribution in [3.8, 4) is 0 Å². The summed E-state index contributed by atoms with van der Waals surface area (Å²) in [6.07, 6.45) is 11.3. The highest BCUT2D eigenvalue weighted by molar-refractivity contribution is 4.94. The lowest BCUT2D eigenvalue weighted by molar-refractivity contribution is 0.0493. The average Bonchev–Trinajstić information content (AvgIpc) is 2.93. The van der Waals surface area contributed by atoms with Crippen molar-refractivity contribution in [1.82, 2.24) is 15.1 Å². The predicted octanol–water partition coefficient (Wildman–Crippen LogP) is 2.47. The van der Waals surface area contributed by atoms with Crippen LogP contribution in [0.5, 0.6) is 0 Å². The Balaban J connectivity index is 1.54. The summed E-state index contributed by atoms with van der Waals surface area (Å²) >= 11 is 0. The molecule has 1 N–H and O–H groups in total. The predicted molar refractivity (Wildman–Crippen MR) is 85.1 cm³/mol. The first-order valence-electron chi connectivity index (χ1n) is 8.89. The van der Waals surface area contributed by atoms with Crippen molar-refractivity contribution in [3.05, 3.63) is 0 Å². The molecule has 0 amide bonds. The zero-order valence-electron chi connectivity index (χ0n) is 13.5. The van der Waals surface area contributed by atoms with Crippen LogP contribution in [0.25, 0.3) is 0 Å². The Morgan fingerprint density at radius 2 is 1.90 bits per heavy atom. The van der Waals surface area contributed by atoms with Crippen molar-refractivity contribution in [2.75, 3.05) is 33.2 Å². The van der Waals surface area contributed by atoms with Gasteiger partial charge in [-0.1, -0.05) is 19.3 Å². The lowest BCUT2D eigenvalue weighted by Crippen LogP contribution is -2.56. The van der Waals surface area contributed by atoms with Gasteiger partial charge in [0.05, 0.1) is 0 Å². The molecular formula is C17H33N3. The number of nitrogens with one attached hydrogen (secondary N) is 1. The summed E-state index contributed by atoms with van der Waals surface area (Å²) < 4.78 is 0. The molecule has 1 saturated carbocycles. The molecule has 0 bridgehead atoms. The van der Waals surface area contributed by atoms with E-state index in [4.69, 9.17) is 0 Å². The molecule has 0 aromatic carbocycles. The van der Waals surface area contributed by atoms with E-state index in [1.807, 2.05) is 0 Å². The van der Waals surface area contributed by atoms with E-state index in [1.54, 1.807) is 0 Å². The highest BCUT2D eigenvalue weighted by Gasteiger charge is 2.36. The van der Waals surface area contributed by atoms with Gasteiger partial charge in [0.1, 0.15) is 0 Å². The molecule has 2 atom stereocenters. The van der Waals surface area contributed by atoms with Crippen molar-refractivity contribution in [2.24, 2.45) is 0 Å². The van der Waals surface area contributed by atoms with Gasteiger partial charge in [-0.3, -0.25) is 9.80 Å². The van der Waals surface area contributed by atoms with E-state index in [0.717, 1.165) is 12.1 Å². The van der Waals surface area contributed by atoms with Gasteiger partial charge < -0.3 is 5.32 Å². The maximum Gasteiger partial charge on any atom is 0.0224 e. The number of hydrogen-bond donors (Lipinski definition) is 1. The molecule has 2 unspecified atom stereocenters. The molecule has 3 nitrogen and oxygen atoms in total. The lowest BCUT2D eigenvalue weighted by atomic mass is 9.79. The van der Waals surface area contributed by atoms with Crippen LogP contribution in [0.2, 0.25) is 0 Å². The average molecular weight is 279 g/mol. The summed E-state index contributed by atoms with van der Waals surface area (Å²) in [7, 11) is 2.18. The fraction of sp³-hybridized carbons (Fsp3) is 1.00. The van der Waals surface area contributed by atoms with Gasteiger partial charge >= 0.3 is 0 Å². The largest absolute Gasteiger partial charge is 0.314 e. The first kappa shape index (κ1) is 14.8. The fourth-order valence-corrected chi connectivity index (χ4v) is 4.77. The molecule has 0 aromatic rings. The monoisotopic (exact) mass is 279 g/mol. The van der Waals surface area contributed by atoms with Crippen molar-refractivity contribution in [1.29, 1.82) is 0 Å². The van der Waals surface area contributed by atoms with Crippen LogP contribution in [0.3, 0.4) is 0 Å². The highest BCUT2D eigenvalue weighted by Crippen LogP contribution is 2.32. The highest BCUT2D eigenvalue weighted by atomic mass is 15.3. The molecular weight excluding hydrogens is 246 g/mol. The van der Waals surface area contributed by atoms with Crippen LogP contribution in [-0.4, -0.2) is 60.6 Å². The van der Waals surface area contributed by atoms with Crippen molar-refractivity contribution < 1.29 is 0 Å². The van der Waals surface area contributed by atoms with E-state index in [2.05, 4.69) is 29.1 Å². The second kappa shape index (κ2) is 6.33. The Labute approximate surface area is 125 Å². The van der Waals surface area contributed by atoms with E-state index >= 15 is 0 Å². The minimum Gasteiger partial charge on any atom is -0.314 e. The summed E-state index contributed by atoms with van der Waals surface area (Å²) in [6.45, 7) is 7.70. The summed E-state index contributed by atoms with van der Waals surface area (Å²) in [5.41, 5.74) is 0.449. The van der Waals surface area contributed by atoms with Gasteiger partial charge in [-0.25, -0.2) is 0 Å². The summed E-state index contributed by atoms with van der Waals surface area (Å²) in [4.78, 5) is 5.51. The molecule has 116 valence electrons. The molecule has 1 aliphatic carbocycles. The number of nitrogens with zero attached hydrogens (tertiary/aromatic N) is 2. The minimum atomic E-state index is 0.449. The molecule has 2 heterocycles. The Bertz CT molecular complexity index is 311. The van der Waals surface area contributed by atoms with E-state index in [-0.39, 0.29) is 0 Å². The van der Waals surface area contributed by atoms with Crippen LogP contribution >= 0.6 is 0 Å². The van der Waals surface area contributed by atoms with Crippen LogP contribution in [0.4, 0.5) is 0 Å². The Hall–Kier alpha value is -0.120. The molecule has 3 aliphatic rings. The van der Waals surface area contributed by atoms with Crippen LogP contribution in [0, 0.1) is 0 Å². The molecule has 2 aliphatic heterocycles. The second-order valence-electron chi connectivity index (χ2n) is 7.48. The molecule has 3 fully saturated rings. The van der Waals surface area contributed by atoms with Gasteiger partial charge in [0, 0.05) is 37.3 Å². The Kier molecular flexibility index (Phi) is 4.68. The van der Waals surface area contributed by atoms with Crippen LogP contribution < -0.4 is 5.32 Å². The molecule has 0 radical (unpaired) electrons. The summed E-state index contributed by atoms with van der Waals surface area (Å²) in [5.74, 6) is 0. The van der Waals surface area contributed by atoms with E-state index < -0.39 is 0 Å². The number of piperazine rings is 1. The third kappa shape index (κ3) is 3.05. The van der Waals surface area contributed by atoms with Gasteiger partial charge in [0.15, 0.2) is 0 Å². The van der Waals surface area contributed by atoms with Gasteiger partial charge in [-0.2, -0.15) is 0 Å². The third-order valence-electron chi connectivity index (χ3n) is 6.28. The van der Waals surface area contributed by atoms with Crippen LogP contribution in [0.15, 0.2) is 0 Å². The van der Waals surface area contributed by atoms with Gasteiger partial charge in [0.2, 0.25) is 0 Å². The molecule has 2 saturated heterocycles. The summed E-state index contributed by atoms with van der Waals surface area (Å²) in [6, 6.07) is 1.62. The molecule has 3 heteroatoms. The summed E-state index contributed by atoms with van der Waals surface area (Å²) in [5, 5.41) is 3.68. The van der Waals surface area contributed by atoms with Crippen molar-refractivity contribution in [3.63, 3.8) is 0 Å². The number of fused-ring (bicyclic) bond motifs is 1. The first-order chi connectivity index (χ1) is 9.72. The molecule has 0 aromatic heterocycles. The minimum absolute atomic E-state index is 0.449. The van der Waals surface area contributed by atoms with Crippen molar-refractivity contribution in [2.45, 2.75) is 75.9 Å². The fourth-order valence-electron chi connectivity index (χ4n) is 4.77. The SMILES string of the molecule is CNC1(CCN2CC3CCCN3CC2C)CCCCC1. The zero-order valence-corrected chi connectivity index (χ0v) is 13.5. The maximum absolute atomic E-state index is 3.68. The first-order valence-corrected chi connectivity index (χ1v) is 8.89. The maximum atomic E-state index is 3.68. The van der Waals surface area contributed by atoms with E-state index in [0.29, 0.717) is 5.54 Å². The Morgan fingerprint density at radius 3 is 2.65 bits per heavy atom. The van der Waals surface area contributed by atoms with Crippen molar-refractivity contribution >= 4 is 0 Å². The zero-order chi connectivity index (χ0) is 14.0. The van der Waals surface area contributed by atoms with Crippen LogP contribution in [0.1, 0.15) is 58.3 Å². The van der Waals surface area contributed by atoms with Gasteiger partial charge in [-0.05, 0) is 52.6 Å². The Morgan fingerprint density at radius 1 is 1.10 bits per heavy atom. The van der Waals surface area contributed by atoms with Crippen LogP contribution in [-0.2, 0) is 0 Å². The normalized spacial score (nSPS) is 35.1. The second-order valence-corrected chi connectivity index (χ2v) is 7.48. The van der Waals surface area contributed by atoms with Gasteiger partial charge in [-0.15, -0.1) is 0 Å². The quantitative estimate of drug-likeness (QED) is 0.853. The van der Waals surface area contributed by atoms with E-state index in [9.17, 15) is 0 Å². The lowest BCUT2D eigenvalue weighted by Gasteiger charge is -2.45. The molecule has 3 rings (SSSR count). The molecule has 0 spiro atoms. The van der Waals surface area contributed by atoms with E-state index in [1.165, 1.54) is 77.5 Å². The van der Waals surface area contributed by atoms with Gasteiger partial charge in [0.25, 0.3) is 0 Å². The topological polar surface area (TPSA) is 18.5 Å². The molecule has 20 heavy (non-hydrogen) atoms. The standard InChI is InChI=1S/C17H33N3/c1-15-13-20-11-6-7-16(20)14-19(15)12-10-17(18-2)8-4-3-5-9-17/h15-16,18H,3-14H2,1-2H3. The third-order valence-corrected chi connectivity index (χ3v) is 6.28. The smallest absolute Gasteiger partial charge is 0.0224 e. The number of rotatable bonds is 4.